The lowest BCUT2D eigenvalue weighted by Gasteiger charge is -2.33. The van der Waals surface area contributed by atoms with Gasteiger partial charge in [0.2, 0.25) is 5.91 Å². The van der Waals surface area contributed by atoms with Crippen LogP contribution in [0.15, 0.2) is 48.5 Å². The molecule has 5 nitrogen and oxygen atoms in total. The number of hydrogen-bond donors (Lipinski definition) is 0. The number of aryl methyl sites for hydroxylation is 1. The minimum atomic E-state index is -0.701. The van der Waals surface area contributed by atoms with Gasteiger partial charge in [0.05, 0.1) is 25.1 Å². The predicted octanol–water partition coefficient (Wildman–Crippen LogP) is 3.56. The van der Waals surface area contributed by atoms with Crippen LogP contribution in [0.5, 0.6) is 0 Å². The maximum atomic E-state index is 13.3. The minimum Gasteiger partial charge on any atom is -0.351 e. The highest BCUT2D eigenvalue weighted by Gasteiger charge is 2.65. The van der Waals surface area contributed by atoms with Crippen molar-refractivity contribution < 1.29 is 14.3 Å². The molecule has 3 atom stereocenters. The Morgan fingerprint density at radius 1 is 1.21 bits per heavy atom. The molecule has 0 bridgehead atoms. The quantitative estimate of drug-likeness (QED) is 0.779. The van der Waals surface area contributed by atoms with Gasteiger partial charge >= 0.3 is 0 Å². The zero-order valence-electron chi connectivity index (χ0n) is 15.6. The highest BCUT2D eigenvalue weighted by molar-refractivity contribution is 6.30. The summed E-state index contributed by atoms with van der Waals surface area (Å²) in [5, 5.41) is 0.610. The Balaban J connectivity index is 1.47. The molecular weight excluding hydrogens is 376 g/mol. The molecule has 5 rings (SSSR count). The lowest BCUT2D eigenvalue weighted by molar-refractivity contribution is -0.138. The van der Waals surface area contributed by atoms with Crippen molar-refractivity contribution in [3.05, 3.63) is 70.2 Å². The lowest BCUT2D eigenvalue weighted by Crippen LogP contribution is -2.49. The molecule has 0 unspecified atom stereocenters. The number of rotatable bonds is 2. The van der Waals surface area contributed by atoms with Crippen LogP contribution in [0.2, 0.25) is 5.02 Å². The minimum absolute atomic E-state index is 0.0571. The van der Waals surface area contributed by atoms with Gasteiger partial charge in [-0.15, -0.1) is 0 Å². The Morgan fingerprint density at radius 3 is 2.75 bits per heavy atom. The Bertz CT molecular complexity index is 964. The van der Waals surface area contributed by atoms with Gasteiger partial charge in [-0.25, -0.2) is 0 Å². The molecule has 0 aliphatic carbocycles. The number of carbonyl (C=O) groups is 2. The summed E-state index contributed by atoms with van der Waals surface area (Å²) >= 11 is 6.04. The van der Waals surface area contributed by atoms with Crippen LogP contribution in [0.4, 0.5) is 0 Å². The second kappa shape index (κ2) is 6.33. The third-order valence-corrected chi connectivity index (χ3v) is 6.55. The molecule has 3 saturated heterocycles. The fraction of sp³-hybridized carbons (Fsp3) is 0.364. The van der Waals surface area contributed by atoms with Crippen molar-refractivity contribution >= 4 is 23.4 Å². The summed E-state index contributed by atoms with van der Waals surface area (Å²) in [6.45, 7) is 2.93. The fourth-order valence-electron chi connectivity index (χ4n) is 5.03. The Morgan fingerprint density at radius 2 is 2.00 bits per heavy atom. The van der Waals surface area contributed by atoms with Gasteiger partial charge in [0.1, 0.15) is 0 Å². The highest BCUT2D eigenvalue weighted by atomic mass is 35.5. The number of carbonyl (C=O) groups excluding carboxylic acids is 2. The third kappa shape index (κ3) is 2.43. The maximum Gasteiger partial charge on any atom is 0.254 e. The number of amides is 2. The van der Waals surface area contributed by atoms with E-state index in [4.69, 9.17) is 16.3 Å². The molecular formula is C22H21ClN2O3. The van der Waals surface area contributed by atoms with E-state index in [1.807, 2.05) is 47.1 Å². The first-order valence-electron chi connectivity index (χ1n) is 9.59. The summed E-state index contributed by atoms with van der Waals surface area (Å²) in [7, 11) is 0. The smallest absolute Gasteiger partial charge is 0.254 e. The monoisotopic (exact) mass is 396 g/mol. The number of ether oxygens (including phenoxy) is 1. The molecule has 2 aromatic rings. The molecule has 2 amide bonds. The lowest BCUT2D eigenvalue weighted by atomic mass is 10.0. The van der Waals surface area contributed by atoms with Crippen molar-refractivity contribution in [1.29, 1.82) is 0 Å². The molecule has 6 heteroatoms. The topological polar surface area (TPSA) is 49.9 Å². The van der Waals surface area contributed by atoms with Gasteiger partial charge in [0, 0.05) is 23.6 Å². The number of benzene rings is 2. The van der Waals surface area contributed by atoms with Crippen molar-refractivity contribution in [2.24, 2.45) is 0 Å². The van der Waals surface area contributed by atoms with Crippen molar-refractivity contribution in [3.8, 4) is 0 Å². The summed E-state index contributed by atoms with van der Waals surface area (Å²) in [5.74, 6) is -0.000802. The van der Waals surface area contributed by atoms with E-state index >= 15 is 0 Å². The van der Waals surface area contributed by atoms with Crippen molar-refractivity contribution in [3.63, 3.8) is 0 Å². The molecule has 28 heavy (non-hydrogen) atoms. The molecule has 3 aliphatic rings. The van der Waals surface area contributed by atoms with Crippen molar-refractivity contribution in [2.75, 3.05) is 13.2 Å². The summed E-state index contributed by atoms with van der Waals surface area (Å²) < 4.78 is 6.28. The molecule has 1 spiro atoms. The van der Waals surface area contributed by atoms with Gasteiger partial charge in [-0.05, 0) is 36.2 Å². The molecule has 0 radical (unpaired) electrons. The molecule has 0 saturated carbocycles. The summed E-state index contributed by atoms with van der Waals surface area (Å²) in [4.78, 5) is 29.9. The number of nitrogens with zero attached hydrogens (tertiary/aromatic N) is 2. The molecule has 0 N–H and O–H groups in total. The van der Waals surface area contributed by atoms with Crippen LogP contribution in [-0.2, 0) is 9.53 Å². The molecule has 0 aromatic heterocycles. The van der Waals surface area contributed by atoms with Crippen LogP contribution in [-0.4, -0.2) is 46.5 Å². The van der Waals surface area contributed by atoms with E-state index in [1.165, 1.54) is 0 Å². The Kier molecular flexibility index (Phi) is 4.00. The zero-order valence-corrected chi connectivity index (χ0v) is 16.4. The molecule has 144 valence electrons. The van der Waals surface area contributed by atoms with Crippen LogP contribution in [0, 0.1) is 6.92 Å². The SMILES string of the molecule is Cc1cc(Cl)ccc1C(=O)N1CC[C@@]23OC[C@@H](c4ccccc4)N2C(=O)C[C@@H]13. The van der Waals surface area contributed by atoms with Crippen LogP contribution < -0.4 is 0 Å². The van der Waals surface area contributed by atoms with Gasteiger partial charge in [-0.2, -0.15) is 0 Å². The highest BCUT2D eigenvalue weighted by Crippen LogP contribution is 2.51. The molecule has 3 fully saturated rings. The van der Waals surface area contributed by atoms with Gasteiger partial charge in [-0.3, -0.25) is 9.59 Å². The molecule has 3 aliphatic heterocycles. The average Bonchev–Trinajstić information content (AvgIpc) is 3.31. The van der Waals surface area contributed by atoms with Gasteiger partial charge in [-0.1, -0.05) is 41.9 Å². The largest absolute Gasteiger partial charge is 0.351 e. The second-order valence-electron chi connectivity index (χ2n) is 7.77. The standard InChI is InChI=1S/C22H21ClN2O3/c1-14-11-16(23)7-8-17(14)21(27)24-10-9-22-19(24)12-20(26)25(22)18(13-28-22)15-5-3-2-4-6-15/h2-8,11,18-19H,9-10,12-13H2,1H3/t18-,19+,22-/m0/s1. The van der Waals surface area contributed by atoms with Crippen LogP contribution in [0.25, 0.3) is 0 Å². The van der Waals surface area contributed by atoms with E-state index in [0.717, 1.165) is 11.1 Å². The Hall–Kier alpha value is -2.37. The van der Waals surface area contributed by atoms with E-state index in [9.17, 15) is 9.59 Å². The number of halogens is 1. The second-order valence-corrected chi connectivity index (χ2v) is 8.21. The first-order valence-corrected chi connectivity index (χ1v) is 9.97. The normalized spacial score (nSPS) is 28.6. The summed E-state index contributed by atoms with van der Waals surface area (Å²) in [6, 6.07) is 14.9. The average molecular weight is 397 g/mol. The van der Waals surface area contributed by atoms with Gasteiger partial charge < -0.3 is 14.5 Å². The van der Waals surface area contributed by atoms with E-state index in [-0.39, 0.29) is 23.9 Å². The third-order valence-electron chi connectivity index (χ3n) is 6.32. The number of hydrogen-bond acceptors (Lipinski definition) is 3. The first kappa shape index (κ1) is 17.7. The maximum absolute atomic E-state index is 13.3. The Labute approximate surface area is 168 Å². The summed E-state index contributed by atoms with van der Waals surface area (Å²) in [5.41, 5.74) is 1.85. The van der Waals surface area contributed by atoms with E-state index in [0.29, 0.717) is 36.6 Å². The van der Waals surface area contributed by atoms with Crippen molar-refractivity contribution in [2.45, 2.75) is 37.6 Å². The predicted molar refractivity (Wildman–Crippen MR) is 105 cm³/mol. The zero-order chi connectivity index (χ0) is 19.5. The number of likely N-dealkylation sites (tertiary alicyclic amines) is 1. The van der Waals surface area contributed by atoms with Crippen LogP contribution >= 0.6 is 11.6 Å². The van der Waals surface area contributed by atoms with E-state index < -0.39 is 5.72 Å². The fourth-order valence-corrected chi connectivity index (χ4v) is 5.26. The van der Waals surface area contributed by atoms with Crippen molar-refractivity contribution in [1.82, 2.24) is 9.80 Å². The van der Waals surface area contributed by atoms with Crippen LogP contribution in [0.3, 0.4) is 0 Å². The van der Waals surface area contributed by atoms with E-state index in [2.05, 4.69) is 0 Å². The molecule has 3 heterocycles. The van der Waals surface area contributed by atoms with Gasteiger partial charge in [0.25, 0.3) is 5.91 Å². The van der Waals surface area contributed by atoms with Gasteiger partial charge in [0.15, 0.2) is 5.72 Å². The summed E-state index contributed by atoms with van der Waals surface area (Å²) in [6.07, 6.45) is 0.951. The van der Waals surface area contributed by atoms with E-state index in [1.54, 1.807) is 18.2 Å². The molecule has 2 aromatic carbocycles. The first-order chi connectivity index (χ1) is 13.5. The van der Waals surface area contributed by atoms with Crippen LogP contribution in [0.1, 0.15) is 40.4 Å².